The lowest BCUT2D eigenvalue weighted by molar-refractivity contribution is 0.100. The highest BCUT2D eigenvalue weighted by Gasteiger charge is 2.16. The summed E-state index contributed by atoms with van der Waals surface area (Å²) in [6, 6.07) is 20.0. The van der Waals surface area contributed by atoms with Crippen LogP contribution in [0, 0.1) is 0 Å². The van der Waals surface area contributed by atoms with Gasteiger partial charge in [0.05, 0.1) is 47.6 Å². The minimum Gasteiger partial charge on any atom is -0.495 e. The minimum atomic E-state index is -0.493. The Labute approximate surface area is 239 Å². The SMILES string of the molecule is CCCN1CCC=C(c2ccc(Nc3cc4c(Nc5cc6ccccc6cc5C(N)=O)cncc4[nH]3)c(OC)c2)C1. The van der Waals surface area contributed by atoms with Crippen molar-refractivity contribution in [3.05, 3.63) is 90.3 Å². The highest BCUT2D eigenvalue weighted by atomic mass is 16.5. The van der Waals surface area contributed by atoms with E-state index < -0.39 is 5.91 Å². The lowest BCUT2D eigenvalue weighted by Crippen LogP contribution is -2.30. The fourth-order valence-electron chi connectivity index (χ4n) is 5.57. The number of benzene rings is 3. The van der Waals surface area contributed by atoms with Crippen LogP contribution in [0.1, 0.15) is 35.7 Å². The van der Waals surface area contributed by atoms with Gasteiger partial charge >= 0.3 is 0 Å². The Bertz CT molecular complexity index is 1770. The van der Waals surface area contributed by atoms with Gasteiger partial charge in [-0.2, -0.15) is 0 Å². The van der Waals surface area contributed by atoms with Gasteiger partial charge in [0.1, 0.15) is 11.6 Å². The average Bonchev–Trinajstić information content (AvgIpc) is 3.41. The van der Waals surface area contributed by atoms with E-state index in [0.717, 1.165) is 77.1 Å². The van der Waals surface area contributed by atoms with Crippen LogP contribution in [0.2, 0.25) is 0 Å². The predicted molar refractivity (Wildman–Crippen MR) is 167 cm³/mol. The number of H-pyrrole nitrogens is 1. The van der Waals surface area contributed by atoms with Crippen molar-refractivity contribution < 1.29 is 9.53 Å². The van der Waals surface area contributed by atoms with Crippen molar-refractivity contribution in [3.8, 4) is 5.75 Å². The Hall–Kier alpha value is -4.82. The molecule has 1 aliphatic heterocycles. The van der Waals surface area contributed by atoms with E-state index in [1.807, 2.05) is 42.5 Å². The summed E-state index contributed by atoms with van der Waals surface area (Å²) in [6.07, 6.45) is 8.09. The maximum atomic E-state index is 12.3. The molecule has 5 aromatic rings. The number of carbonyl (C=O) groups is 1. The van der Waals surface area contributed by atoms with Gasteiger partial charge in [-0.3, -0.25) is 14.7 Å². The van der Waals surface area contributed by atoms with Crippen LogP contribution in [-0.4, -0.2) is 47.5 Å². The third-order valence-electron chi connectivity index (χ3n) is 7.58. The van der Waals surface area contributed by atoms with Gasteiger partial charge in [-0.1, -0.05) is 43.3 Å². The van der Waals surface area contributed by atoms with E-state index in [2.05, 4.69) is 56.7 Å². The number of fused-ring (bicyclic) bond motifs is 2. The largest absolute Gasteiger partial charge is 0.495 e. The number of nitrogens with one attached hydrogen (secondary N) is 3. The number of methoxy groups -OCH3 is 1. The molecule has 3 heterocycles. The topological polar surface area (TPSA) is 108 Å². The standard InChI is InChI=1S/C33H34N6O2/c1-3-12-39-13-6-9-24(20-39)23-10-11-27(31(16-23)41-2)37-32-17-25-29(18-35-19-30(25)38-32)36-28-15-22-8-5-4-7-21(22)14-26(28)33(34)40/h4-5,7-11,14-19,36-38H,3,6,12-13,20H2,1-2H3,(H2,34,40). The molecule has 0 aliphatic carbocycles. The van der Waals surface area contributed by atoms with E-state index in [9.17, 15) is 4.79 Å². The Balaban J connectivity index is 1.28. The van der Waals surface area contributed by atoms with Crippen LogP contribution in [0.5, 0.6) is 5.75 Å². The van der Waals surface area contributed by atoms with Gasteiger partial charge in [0.15, 0.2) is 0 Å². The predicted octanol–water partition coefficient (Wildman–Crippen LogP) is 6.81. The Morgan fingerprint density at radius 2 is 1.85 bits per heavy atom. The van der Waals surface area contributed by atoms with Crippen LogP contribution < -0.4 is 21.1 Å². The van der Waals surface area contributed by atoms with Crippen molar-refractivity contribution in [2.24, 2.45) is 5.73 Å². The highest BCUT2D eigenvalue weighted by Crippen LogP contribution is 2.35. The number of pyridine rings is 1. The number of aromatic nitrogens is 2. The zero-order valence-electron chi connectivity index (χ0n) is 23.3. The number of aromatic amines is 1. The molecule has 1 aliphatic rings. The first-order valence-corrected chi connectivity index (χ1v) is 14.0. The molecule has 0 fully saturated rings. The number of hydrogen-bond donors (Lipinski definition) is 4. The molecule has 0 unspecified atom stereocenters. The monoisotopic (exact) mass is 546 g/mol. The average molecular weight is 547 g/mol. The third-order valence-corrected chi connectivity index (χ3v) is 7.58. The van der Waals surface area contributed by atoms with E-state index in [0.29, 0.717) is 11.3 Å². The van der Waals surface area contributed by atoms with Gasteiger partial charge in [0.2, 0.25) is 0 Å². The summed E-state index contributed by atoms with van der Waals surface area (Å²) in [4.78, 5) is 22.6. The number of primary amides is 1. The minimum absolute atomic E-state index is 0.422. The van der Waals surface area contributed by atoms with Gasteiger partial charge in [-0.05, 0) is 71.6 Å². The molecular formula is C33H34N6O2. The Morgan fingerprint density at radius 1 is 1.02 bits per heavy atom. The fourth-order valence-corrected chi connectivity index (χ4v) is 5.57. The molecule has 8 nitrogen and oxygen atoms in total. The molecule has 0 spiro atoms. The summed E-state index contributed by atoms with van der Waals surface area (Å²) in [7, 11) is 1.69. The summed E-state index contributed by atoms with van der Waals surface area (Å²) >= 11 is 0. The molecule has 3 aromatic carbocycles. The first-order valence-electron chi connectivity index (χ1n) is 14.0. The molecule has 1 amide bonds. The number of hydrogen-bond acceptors (Lipinski definition) is 6. The van der Waals surface area contributed by atoms with Gasteiger partial charge < -0.3 is 26.1 Å². The number of anilines is 4. The van der Waals surface area contributed by atoms with Crippen molar-refractivity contribution >= 4 is 56.0 Å². The van der Waals surface area contributed by atoms with Gasteiger partial charge in [-0.25, -0.2) is 0 Å². The molecule has 208 valence electrons. The molecule has 2 aromatic heterocycles. The maximum Gasteiger partial charge on any atom is 0.250 e. The molecule has 6 rings (SSSR count). The number of rotatable bonds is 9. The lowest BCUT2D eigenvalue weighted by atomic mass is 10.00. The number of amides is 1. The lowest BCUT2D eigenvalue weighted by Gasteiger charge is -2.27. The summed E-state index contributed by atoms with van der Waals surface area (Å²) in [5.74, 6) is 1.07. The van der Waals surface area contributed by atoms with E-state index in [-0.39, 0.29) is 0 Å². The van der Waals surface area contributed by atoms with Gasteiger partial charge in [-0.15, -0.1) is 0 Å². The summed E-state index contributed by atoms with van der Waals surface area (Å²) in [5.41, 5.74) is 11.8. The molecule has 0 saturated carbocycles. The smallest absolute Gasteiger partial charge is 0.250 e. The van der Waals surface area contributed by atoms with Crippen LogP contribution in [0.25, 0.3) is 27.2 Å². The van der Waals surface area contributed by atoms with Crippen molar-refractivity contribution in [2.45, 2.75) is 19.8 Å². The molecule has 0 radical (unpaired) electrons. The zero-order chi connectivity index (χ0) is 28.3. The second-order valence-electron chi connectivity index (χ2n) is 10.4. The highest BCUT2D eigenvalue weighted by molar-refractivity contribution is 6.06. The molecule has 5 N–H and O–H groups in total. The van der Waals surface area contributed by atoms with Crippen molar-refractivity contribution in [3.63, 3.8) is 0 Å². The van der Waals surface area contributed by atoms with E-state index in [1.54, 1.807) is 19.5 Å². The fraction of sp³-hybridized carbons (Fsp3) is 0.212. The molecular weight excluding hydrogens is 512 g/mol. The number of ether oxygens (including phenoxy) is 1. The third kappa shape index (κ3) is 5.47. The van der Waals surface area contributed by atoms with Gasteiger partial charge in [0.25, 0.3) is 5.91 Å². The summed E-state index contributed by atoms with van der Waals surface area (Å²) in [6.45, 7) is 5.42. The van der Waals surface area contributed by atoms with Crippen LogP contribution >= 0.6 is 0 Å². The van der Waals surface area contributed by atoms with Crippen LogP contribution in [-0.2, 0) is 0 Å². The van der Waals surface area contributed by atoms with Crippen LogP contribution in [0.3, 0.4) is 0 Å². The summed E-state index contributed by atoms with van der Waals surface area (Å²) < 4.78 is 5.79. The first kappa shape index (κ1) is 26.4. The second-order valence-corrected chi connectivity index (χ2v) is 10.4. The molecule has 0 bridgehead atoms. The zero-order valence-corrected chi connectivity index (χ0v) is 23.3. The van der Waals surface area contributed by atoms with E-state index in [4.69, 9.17) is 10.5 Å². The van der Waals surface area contributed by atoms with Crippen molar-refractivity contribution in [2.75, 3.05) is 37.4 Å². The second kappa shape index (κ2) is 11.3. The van der Waals surface area contributed by atoms with E-state index in [1.165, 1.54) is 11.1 Å². The van der Waals surface area contributed by atoms with Crippen molar-refractivity contribution in [1.82, 2.24) is 14.9 Å². The normalized spacial score (nSPS) is 13.8. The summed E-state index contributed by atoms with van der Waals surface area (Å²) in [5, 5.41) is 9.76. The Morgan fingerprint density at radius 3 is 2.63 bits per heavy atom. The van der Waals surface area contributed by atoms with Crippen molar-refractivity contribution in [1.29, 1.82) is 0 Å². The van der Waals surface area contributed by atoms with Gasteiger partial charge in [0, 0.05) is 18.5 Å². The van der Waals surface area contributed by atoms with E-state index >= 15 is 0 Å². The molecule has 0 saturated heterocycles. The van der Waals surface area contributed by atoms with Crippen LogP contribution in [0.15, 0.2) is 79.1 Å². The molecule has 8 heteroatoms. The molecule has 0 atom stereocenters. The number of nitrogens with two attached hydrogens (primary N) is 1. The quantitative estimate of drug-likeness (QED) is 0.162. The van der Waals surface area contributed by atoms with Crippen LogP contribution in [0.4, 0.5) is 22.9 Å². The maximum absolute atomic E-state index is 12.3. The number of carbonyl (C=O) groups excluding carboxylic acids is 1. The molecule has 41 heavy (non-hydrogen) atoms. The Kier molecular flexibility index (Phi) is 7.31. The first-order chi connectivity index (χ1) is 20.0. The number of nitrogens with zero attached hydrogens (tertiary/aromatic N) is 2.